The molecule has 0 aromatic carbocycles. The predicted molar refractivity (Wildman–Crippen MR) is 83.6 cm³/mol. The van der Waals surface area contributed by atoms with E-state index in [4.69, 9.17) is 0 Å². The van der Waals surface area contributed by atoms with Gasteiger partial charge >= 0.3 is 0 Å². The fourth-order valence-corrected chi connectivity index (χ4v) is 3.49. The highest BCUT2D eigenvalue weighted by atomic mass is 15.3. The molecule has 0 atom stereocenters. The minimum absolute atomic E-state index is 0.491. The number of rotatable bonds is 2. The van der Waals surface area contributed by atoms with Crippen LogP contribution in [0.25, 0.3) is 11.0 Å². The maximum absolute atomic E-state index is 4.67. The van der Waals surface area contributed by atoms with Crippen molar-refractivity contribution >= 4 is 22.8 Å². The molecule has 0 radical (unpaired) electrons. The molecule has 2 N–H and O–H groups in total. The van der Waals surface area contributed by atoms with Crippen molar-refractivity contribution < 1.29 is 0 Å². The van der Waals surface area contributed by atoms with Crippen molar-refractivity contribution in [2.45, 2.75) is 12.8 Å². The number of anilines is 2. The average Bonchev–Trinajstić information content (AvgIpc) is 2.52. The van der Waals surface area contributed by atoms with Gasteiger partial charge in [-0.3, -0.25) is 0 Å². The van der Waals surface area contributed by atoms with E-state index in [1.165, 1.54) is 12.8 Å². The van der Waals surface area contributed by atoms with Crippen molar-refractivity contribution in [3.63, 3.8) is 0 Å². The topological polar surface area (TPSA) is 66.0 Å². The van der Waals surface area contributed by atoms with E-state index in [2.05, 4.69) is 36.6 Å². The second kappa shape index (κ2) is 4.80. The summed E-state index contributed by atoms with van der Waals surface area (Å²) in [5.74, 6) is 1.66. The van der Waals surface area contributed by atoms with Crippen molar-refractivity contribution in [1.29, 1.82) is 0 Å². The van der Waals surface area contributed by atoms with E-state index in [0.29, 0.717) is 11.4 Å². The molecule has 4 heterocycles. The molecule has 2 aromatic rings. The van der Waals surface area contributed by atoms with Gasteiger partial charge < -0.3 is 15.5 Å². The van der Waals surface area contributed by atoms with Gasteiger partial charge in [-0.2, -0.15) is 9.97 Å². The molecule has 2 aliphatic rings. The Morgan fingerprint density at radius 1 is 1.24 bits per heavy atom. The van der Waals surface area contributed by atoms with Crippen molar-refractivity contribution in [3.05, 3.63) is 18.3 Å². The summed E-state index contributed by atoms with van der Waals surface area (Å²) < 4.78 is 0. The summed E-state index contributed by atoms with van der Waals surface area (Å²) in [5, 5.41) is 7.52. The van der Waals surface area contributed by atoms with E-state index in [1.807, 2.05) is 13.1 Å². The monoisotopic (exact) mass is 284 g/mol. The molecular formula is C15H20N6. The third-order valence-corrected chi connectivity index (χ3v) is 4.69. The first-order valence-electron chi connectivity index (χ1n) is 7.56. The van der Waals surface area contributed by atoms with E-state index in [1.54, 1.807) is 6.20 Å². The van der Waals surface area contributed by atoms with Gasteiger partial charge in [-0.1, -0.05) is 0 Å². The molecule has 6 nitrogen and oxygen atoms in total. The highest BCUT2D eigenvalue weighted by Crippen LogP contribution is 2.42. The van der Waals surface area contributed by atoms with Gasteiger partial charge in [0.15, 0.2) is 5.65 Å². The molecular weight excluding hydrogens is 264 g/mol. The predicted octanol–water partition coefficient (Wildman–Crippen LogP) is 1.26. The maximum atomic E-state index is 4.67. The van der Waals surface area contributed by atoms with Gasteiger partial charge in [-0.25, -0.2) is 4.98 Å². The number of nitrogens with one attached hydrogen (secondary N) is 2. The summed E-state index contributed by atoms with van der Waals surface area (Å²) in [6.45, 7) is 4.47. The zero-order valence-electron chi connectivity index (χ0n) is 12.3. The summed E-state index contributed by atoms with van der Waals surface area (Å²) >= 11 is 0. The van der Waals surface area contributed by atoms with Crippen LogP contribution in [0.2, 0.25) is 0 Å². The van der Waals surface area contributed by atoms with Crippen molar-refractivity contribution in [2.75, 3.05) is 43.4 Å². The van der Waals surface area contributed by atoms with Crippen LogP contribution in [0.1, 0.15) is 12.8 Å². The highest BCUT2D eigenvalue weighted by Gasteiger charge is 2.44. The number of piperidine rings is 1. The van der Waals surface area contributed by atoms with Crippen LogP contribution in [0.4, 0.5) is 11.8 Å². The minimum Gasteiger partial charge on any atom is -0.357 e. The van der Waals surface area contributed by atoms with Crippen molar-refractivity contribution in [3.8, 4) is 0 Å². The first-order valence-corrected chi connectivity index (χ1v) is 7.56. The van der Waals surface area contributed by atoms with Crippen LogP contribution in [0.15, 0.2) is 18.3 Å². The lowest BCUT2D eigenvalue weighted by atomic mass is 9.72. The lowest BCUT2D eigenvalue weighted by Crippen LogP contribution is -2.60. The van der Waals surface area contributed by atoms with E-state index >= 15 is 0 Å². The number of fused-ring (bicyclic) bond motifs is 1. The van der Waals surface area contributed by atoms with Gasteiger partial charge in [0, 0.05) is 31.7 Å². The maximum Gasteiger partial charge on any atom is 0.226 e. The molecule has 2 aromatic heterocycles. The molecule has 0 saturated carbocycles. The first kappa shape index (κ1) is 12.8. The molecule has 0 amide bonds. The normalized spacial score (nSPS) is 20.5. The Kier molecular flexibility index (Phi) is 2.92. The lowest BCUT2D eigenvalue weighted by Gasteiger charge is -2.53. The third-order valence-electron chi connectivity index (χ3n) is 4.69. The molecule has 21 heavy (non-hydrogen) atoms. The summed E-state index contributed by atoms with van der Waals surface area (Å²) in [6, 6.07) is 4.01. The van der Waals surface area contributed by atoms with Gasteiger partial charge in [0.25, 0.3) is 0 Å². The van der Waals surface area contributed by atoms with E-state index < -0.39 is 0 Å². The number of nitrogens with zero attached hydrogens (tertiary/aromatic N) is 4. The Balaban J connectivity index is 1.67. The third kappa shape index (κ3) is 2.10. The van der Waals surface area contributed by atoms with E-state index in [9.17, 15) is 0 Å². The van der Waals surface area contributed by atoms with Gasteiger partial charge in [-0.15, -0.1) is 0 Å². The Hall–Kier alpha value is -1.95. The quantitative estimate of drug-likeness (QED) is 0.865. The zero-order chi connectivity index (χ0) is 14.3. The van der Waals surface area contributed by atoms with Crippen LogP contribution in [0.5, 0.6) is 0 Å². The van der Waals surface area contributed by atoms with Crippen LogP contribution >= 0.6 is 0 Å². The zero-order valence-corrected chi connectivity index (χ0v) is 12.3. The second-order valence-corrected chi connectivity index (χ2v) is 6.10. The highest BCUT2D eigenvalue weighted by molar-refractivity contribution is 5.88. The molecule has 0 aliphatic carbocycles. The first-order chi connectivity index (χ1) is 10.3. The number of hydrogen-bond donors (Lipinski definition) is 2. The fourth-order valence-electron chi connectivity index (χ4n) is 3.49. The smallest absolute Gasteiger partial charge is 0.226 e. The van der Waals surface area contributed by atoms with Crippen molar-refractivity contribution in [1.82, 2.24) is 20.3 Å². The van der Waals surface area contributed by atoms with Gasteiger partial charge in [0.2, 0.25) is 5.95 Å². The number of pyridine rings is 1. The average molecular weight is 284 g/mol. The summed E-state index contributed by atoms with van der Waals surface area (Å²) in [4.78, 5) is 15.8. The molecule has 2 saturated heterocycles. The summed E-state index contributed by atoms with van der Waals surface area (Å²) in [6.07, 6.45) is 4.32. The fraction of sp³-hybridized carbons (Fsp3) is 0.533. The van der Waals surface area contributed by atoms with Gasteiger partial charge in [0.05, 0.1) is 5.39 Å². The molecule has 0 bridgehead atoms. The minimum atomic E-state index is 0.491. The molecule has 0 unspecified atom stereocenters. The van der Waals surface area contributed by atoms with Crippen LogP contribution in [0.3, 0.4) is 0 Å². The van der Waals surface area contributed by atoms with E-state index in [-0.39, 0.29) is 0 Å². The Morgan fingerprint density at radius 2 is 2.05 bits per heavy atom. The van der Waals surface area contributed by atoms with Gasteiger partial charge in [-0.05, 0) is 38.1 Å². The van der Waals surface area contributed by atoms with Crippen LogP contribution in [0, 0.1) is 5.41 Å². The molecule has 1 spiro atoms. The van der Waals surface area contributed by atoms with Crippen LogP contribution < -0.4 is 15.5 Å². The summed E-state index contributed by atoms with van der Waals surface area (Å²) in [5.41, 5.74) is 1.25. The van der Waals surface area contributed by atoms with Crippen molar-refractivity contribution in [2.24, 2.45) is 5.41 Å². The Bertz CT molecular complexity index is 656. The Labute approximate surface area is 124 Å². The second-order valence-electron chi connectivity index (χ2n) is 6.10. The van der Waals surface area contributed by atoms with Crippen LogP contribution in [-0.4, -0.2) is 48.2 Å². The molecule has 4 rings (SSSR count). The molecule has 6 heteroatoms. The SMILES string of the molecule is CNc1nc(N2CC3(CCNCC3)C2)c2cccnc2n1. The summed E-state index contributed by atoms with van der Waals surface area (Å²) in [7, 11) is 1.85. The number of hydrogen-bond acceptors (Lipinski definition) is 6. The molecule has 110 valence electrons. The largest absolute Gasteiger partial charge is 0.357 e. The number of aromatic nitrogens is 3. The van der Waals surface area contributed by atoms with Crippen LogP contribution in [-0.2, 0) is 0 Å². The molecule has 2 aliphatic heterocycles. The van der Waals surface area contributed by atoms with E-state index in [0.717, 1.165) is 43.0 Å². The molecule has 2 fully saturated rings. The lowest BCUT2D eigenvalue weighted by molar-refractivity contribution is 0.149. The van der Waals surface area contributed by atoms with Gasteiger partial charge in [0.1, 0.15) is 5.82 Å². The standard InChI is InChI=1S/C15H20N6/c1-16-14-19-12-11(3-2-6-18-12)13(20-14)21-9-15(10-21)4-7-17-8-5-15/h2-3,6,17H,4-5,7-10H2,1H3,(H,16,18,19,20). The Morgan fingerprint density at radius 3 is 2.81 bits per heavy atom.